The van der Waals surface area contributed by atoms with Gasteiger partial charge in [0.05, 0.1) is 10.8 Å². The molecule has 0 aromatic heterocycles. The smallest absolute Gasteiger partial charge is 0.0548 e. The Kier molecular flexibility index (Phi) is 5.10. The molecule has 0 saturated heterocycles. The van der Waals surface area contributed by atoms with Gasteiger partial charge in [0.25, 0.3) is 0 Å². The molecular formula is C17H21NOS. The topological polar surface area (TPSA) is 29.1 Å². The van der Waals surface area contributed by atoms with Crippen LogP contribution >= 0.6 is 0 Å². The average molecular weight is 287 g/mol. The number of nitrogens with one attached hydrogen (secondary N) is 1. The SMILES string of the molecule is CNC(CS(=O)c1ccccc1)c1ccc(C)cc1C. The average Bonchev–Trinajstić information content (AvgIpc) is 2.46. The van der Waals surface area contributed by atoms with Crippen molar-refractivity contribution in [3.8, 4) is 0 Å². The summed E-state index contributed by atoms with van der Waals surface area (Å²) in [4.78, 5) is 0.887. The van der Waals surface area contributed by atoms with E-state index in [1.807, 2.05) is 37.4 Å². The van der Waals surface area contributed by atoms with Gasteiger partial charge in [-0.05, 0) is 44.2 Å². The molecule has 0 fully saturated rings. The molecule has 2 rings (SSSR count). The minimum absolute atomic E-state index is 0.108. The molecule has 2 aromatic carbocycles. The third kappa shape index (κ3) is 3.56. The van der Waals surface area contributed by atoms with E-state index in [1.165, 1.54) is 16.7 Å². The van der Waals surface area contributed by atoms with Crippen LogP contribution in [-0.4, -0.2) is 17.0 Å². The van der Waals surface area contributed by atoms with E-state index in [2.05, 4.69) is 37.4 Å². The van der Waals surface area contributed by atoms with E-state index in [4.69, 9.17) is 0 Å². The maximum Gasteiger partial charge on any atom is 0.0548 e. The highest BCUT2D eigenvalue weighted by Gasteiger charge is 2.16. The summed E-state index contributed by atoms with van der Waals surface area (Å²) in [5.41, 5.74) is 3.72. The van der Waals surface area contributed by atoms with E-state index >= 15 is 0 Å². The zero-order valence-corrected chi connectivity index (χ0v) is 13.0. The fourth-order valence-corrected chi connectivity index (χ4v) is 3.67. The standard InChI is InChI=1S/C17H21NOS/c1-13-9-10-16(14(2)11-13)17(18-3)12-20(19)15-7-5-4-6-8-15/h4-11,17-18H,12H2,1-3H3. The van der Waals surface area contributed by atoms with Crippen LogP contribution in [0, 0.1) is 13.8 Å². The van der Waals surface area contributed by atoms with Crippen molar-refractivity contribution in [2.45, 2.75) is 24.8 Å². The van der Waals surface area contributed by atoms with Crippen molar-refractivity contribution in [3.05, 3.63) is 65.2 Å². The van der Waals surface area contributed by atoms with Crippen molar-refractivity contribution in [1.82, 2.24) is 5.32 Å². The molecule has 0 bridgehead atoms. The quantitative estimate of drug-likeness (QED) is 0.913. The second kappa shape index (κ2) is 6.82. The van der Waals surface area contributed by atoms with Gasteiger partial charge in [-0.1, -0.05) is 42.0 Å². The number of benzene rings is 2. The third-order valence-corrected chi connectivity index (χ3v) is 4.91. The Balaban J connectivity index is 2.19. The van der Waals surface area contributed by atoms with Crippen molar-refractivity contribution in [2.75, 3.05) is 12.8 Å². The highest BCUT2D eigenvalue weighted by atomic mass is 32.2. The molecule has 0 heterocycles. The largest absolute Gasteiger partial charge is 0.312 e. The Hall–Kier alpha value is -1.45. The number of hydrogen-bond donors (Lipinski definition) is 1. The van der Waals surface area contributed by atoms with Gasteiger partial charge in [0.1, 0.15) is 0 Å². The molecule has 2 aromatic rings. The molecule has 20 heavy (non-hydrogen) atoms. The molecule has 0 aliphatic heterocycles. The van der Waals surface area contributed by atoms with Crippen LogP contribution < -0.4 is 5.32 Å². The maximum absolute atomic E-state index is 12.4. The highest BCUT2D eigenvalue weighted by Crippen LogP contribution is 2.21. The van der Waals surface area contributed by atoms with Crippen LogP contribution in [0.1, 0.15) is 22.7 Å². The number of aryl methyl sites for hydroxylation is 2. The second-order valence-corrected chi connectivity index (χ2v) is 6.52. The van der Waals surface area contributed by atoms with Crippen LogP contribution in [0.3, 0.4) is 0 Å². The van der Waals surface area contributed by atoms with Crippen molar-refractivity contribution in [1.29, 1.82) is 0 Å². The Morgan fingerprint density at radius 2 is 1.80 bits per heavy atom. The van der Waals surface area contributed by atoms with Gasteiger partial charge in [0.2, 0.25) is 0 Å². The fourth-order valence-electron chi connectivity index (χ4n) is 2.37. The Morgan fingerprint density at radius 3 is 2.40 bits per heavy atom. The summed E-state index contributed by atoms with van der Waals surface area (Å²) in [6.07, 6.45) is 0. The van der Waals surface area contributed by atoms with E-state index in [-0.39, 0.29) is 6.04 Å². The molecule has 0 saturated carbocycles. The van der Waals surface area contributed by atoms with Crippen molar-refractivity contribution in [2.24, 2.45) is 0 Å². The van der Waals surface area contributed by atoms with E-state index < -0.39 is 10.8 Å². The minimum atomic E-state index is -0.990. The predicted molar refractivity (Wildman–Crippen MR) is 85.4 cm³/mol. The van der Waals surface area contributed by atoms with Crippen LogP contribution in [0.5, 0.6) is 0 Å². The van der Waals surface area contributed by atoms with E-state index in [1.54, 1.807) is 0 Å². The first-order valence-corrected chi connectivity index (χ1v) is 8.11. The Morgan fingerprint density at radius 1 is 1.10 bits per heavy atom. The van der Waals surface area contributed by atoms with Gasteiger partial charge in [-0.3, -0.25) is 4.21 Å². The first-order valence-electron chi connectivity index (χ1n) is 6.79. The summed E-state index contributed by atoms with van der Waals surface area (Å²) in [7, 11) is 0.933. The second-order valence-electron chi connectivity index (χ2n) is 5.03. The molecular weight excluding hydrogens is 266 g/mol. The Labute approximate surface area is 123 Å². The normalized spacial score (nSPS) is 13.9. The van der Waals surface area contributed by atoms with Crippen LogP contribution in [-0.2, 0) is 10.8 Å². The first-order chi connectivity index (χ1) is 9.61. The molecule has 0 aliphatic rings. The minimum Gasteiger partial charge on any atom is -0.312 e. The van der Waals surface area contributed by atoms with Crippen molar-refractivity contribution in [3.63, 3.8) is 0 Å². The molecule has 106 valence electrons. The third-order valence-electron chi connectivity index (χ3n) is 3.47. The molecule has 1 N–H and O–H groups in total. The van der Waals surface area contributed by atoms with Crippen LogP contribution in [0.15, 0.2) is 53.4 Å². The highest BCUT2D eigenvalue weighted by molar-refractivity contribution is 7.85. The first kappa shape index (κ1) is 14.9. The van der Waals surface area contributed by atoms with E-state index in [9.17, 15) is 4.21 Å². The van der Waals surface area contributed by atoms with Gasteiger partial charge in [0, 0.05) is 16.7 Å². The summed E-state index contributed by atoms with van der Waals surface area (Å²) in [6, 6.07) is 16.2. The predicted octanol–water partition coefficient (Wildman–Crippen LogP) is 3.37. The Bertz CT molecular complexity index is 595. The van der Waals surface area contributed by atoms with Gasteiger partial charge in [-0.15, -0.1) is 0 Å². The number of hydrogen-bond acceptors (Lipinski definition) is 2. The lowest BCUT2D eigenvalue weighted by atomic mass is 10.0. The maximum atomic E-state index is 12.4. The summed E-state index contributed by atoms with van der Waals surface area (Å²) in [5, 5.41) is 3.29. The summed E-state index contributed by atoms with van der Waals surface area (Å²) >= 11 is 0. The molecule has 3 heteroatoms. The number of rotatable bonds is 5. The summed E-state index contributed by atoms with van der Waals surface area (Å²) in [5.74, 6) is 0.588. The molecule has 0 aliphatic carbocycles. The zero-order chi connectivity index (χ0) is 14.5. The molecule has 2 nitrogen and oxygen atoms in total. The van der Waals surface area contributed by atoms with Gasteiger partial charge in [0.15, 0.2) is 0 Å². The zero-order valence-electron chi connectivity index (χ0n) is 12.2. The van der Waals surface area contributed by atoms with Gasteiger partial charge >= 0.3 is 0 Å². The summed E-state index contributed by atoms with van der Waals surface area (Å²) < 4.78 is 12.4. The van der Waals surface area contributed by atoms with E-state index in [0.717, 1.165) is 4.90 Å². The van der Waals surface area contributed by atoms with Gasteiger partial charge < -0.3 is 5.32 Å². The van der Waals surface area contributed by atoms with Crippen LogP contribution in [0.25, 0.3) is 0 Å². The monoisotopic (exact) mass is 287 g/mol. The molecule has 0 amide bonds. The van der Waals surface area contributed by atoms with Crippen molar-refractivity contribution >= 4 is 10.8 Å². The molecule has 0 spiro atoms. The van der Waals surface area contributed by atoms with Crippen LogP contribution in [0.4, 0.5) is 0 Å². The lowest BCUT2D eigenvalue weighted by Crippen LogP contribution is -2.23. The van der Waals surface area contributed by atoms with Gasteiger partial charge in [-0.2, -0.15) is 0 Å². The van der Waals surface area contributed by atoms with E-state index in [0.29, 0.717) is 5.75 Å². The fraction of sp³-hybridized carbons (Fsp3) is 0.294. The molecule has 0 radical (unpaired) electrons. The lowest BCUT2D eigenvalue weighted by Gasteiger charge is -2.19. The van der Waals surface area contributed by atoms with Crippen molar-refractivity contribution < 1.29 is 4.21 Å². The van der Waals surface area contributed by atoms with Gasteiger partial charge in [-0.25, -0.2) is 0 Å². The lowest BCUT2D eigenvalue weighted by molar-refractivity contribution is 0.633. The molecule has 2 unspecified atom stereocenters. The summed E-state index contributed by atoms with van der Waals surface area (Å²) in [6.45, 7) is 4.20. The van der Waals surface area contributed by atoms with Crippen LogP contribution in [0.2, 0.25) is 0 Å². The molecule has 2 atom stereocenters.